The highest BCUT2D eigenvalue weighted by molar-refractivity contribution is 5.92. The molecule has 3 rings (SSSR count). The maximum atomic E-state index is 12.3. The Morgan fingerprint density at radius 2 is 1.86 bits per heavy atom. The fourth-order valence-corrected chi connectivity index (χ4v) is 3.25. The summed E-state index contributed by atoms with van der Waals surface area (Å²) in [5, 5.41) is 6.32. The first-order valence-corrected chi connectivity index (χ1v) is 10.0. The van der Waals surface area contributed by atoms with Gasteiger partial charge in [0.1, 0.15) is 5.69 Å². The number of benzene rings is 1. The van der Waals surface area contributed by atoms with Crippen molar-refractivity contribution in [3.8, 4) is 0 Å². The molecule has 2 amide bonds. The van der Waals surface area contributed by atoms with Crippen molar-refractivity contribution >= 4 is 17.7 Å². The monoisotopic (exact) mass is 396 g/mol. The average molecular weight is 396 g/mol. The molecule has 0 unspecified atom stereocenters. The van der Waals surface area contributed by atoms with E-state index in [4.69, 9.17) is 4.74 Å². The summed E-state index contributed by atoms with van der Waals surface area (Å²) in [5.41, 5.74) is 3.50. The SMILES string of the molecule is CCOC(=O)N1CCC(Nc2ccc(C(=O)NCc3ccc(C)cc3)nc2)CC1. The molecular weight excluding hydrogens is 368 g/mol. The van der Waals surface area contributed by atoms with Crippen LogP contribution < -0.4 is 10.6 Å². The second-order valence-electron chi connectivity index (χ2n) is 7.20. The van der Waals surface area contributed by atoms with Crippen molar-refractivity contribution in [1.29, 1.82) is 0 Å². The minimum absolute atomic E-state index is 0.195. The van der Waals surface area contributed by atoms with Crippen LogP contribution >= 0.6 is 0 Å². The summed E-state index contributed by atoms with van der Waals surface area (Å²) in [6.07, 6.45) is 3.13. The number of rotatable bonds is 6. The molecule has 2 aromatic rings. The Kier molecular flexibility index (Phi) is 7.05. The molecule has 0 spiro atoms. The van der Waals surface area contributed by atoms with Crippen molar-refractivity contribution < 1.29 is 14.3 Å². The number of carbonyl (C=O) groups is 2. The lowest BCUT2D eigenvalue weighted by molar-refractivity contribution is 0.0944. The highest BCUT2D eigenvalue weighted by Gasteiger charge is 2.23. The zero-order chi connectivity index (χ0) is 20.6. The van der Waals surface area contributed by atoms with E-state index in [0.29, 0.717) is 31.9 Å². The molecule has 1 aromatic carbocycles. The van der Waals surface area contributed by atoms with Crippen molar-refractivity contribution in [2.24, 2.45) is 0 Å². The number of aryl methyl sites for hydroxylation is 1. The Morgan fingerprint density at radius 1 is 1.14 bits per heavy atom. The molecule has 2 N–H and O–H groups in total. The molecule has 0 bridgehead atoms. The fraction of sp³-hybridized carbons (Fsp3) is 0.409. The van der Waals surface area contributed by atoms with Gasteiger partial charge in [-0.15, -0.1) is 0 Å². The lowest BCUT2D eigenvalue weighted by Crippen LogP contribution is -2.42. The predicted molar refractivity (Wildman–Crippen MR) is 112 cm³/mol. The zero-order valence-corrected chi connectivity index (χ0v) is 17.0. The number of hydrogen-bond acceptors (Lipinski definition) is 5. The second kappa shape index (κ2) is 9.91. The van der Waals surface area contributed by atoms with Crippen molar-refractivity contribution in [1.82, 2.24) is 15.2 Å². The van der Waals surface area contributed by atoms with E-state index in [1.54, 1.807) is 17.2 Å². The van der Waals surface area contributed by atoms with Crippen molar-refractivity contribution in [2.45, 2.75) is 39.3 Å². The molecule has 1 saturated heterocycles. The topological polar surface area (TPSA) is 83.6 Å². The van der Waals surface area contributed by atoms with Crippen LogP contribution in [0.5, 0.6) is 0 Å². The lowest BCUT2D eigenvalue weighted by Gasteiger charge is -2.32. The number of nitrogens with one attached hydrogen (secondary N) is 2. The Hall–Kier alpha value is -3.09. The molecule has 0 radical (unpaired) electrons. The van der Waals surface area contributed by atoms with Crippen LogP contribution in [0.4, 0.5) is 10.5 Å². The minimum atomic E-state index is -0.242. The molecule has 0 atom stereocenters. The van der Waals surface area contributed by atoms with Crippen LogP contribution in [0.1, 0.15) is 41.4 Å². The number of anilines is 1. The molecule has 1 aliphatic rings. The third-order valence-corrected chi connectivity index (χ3v) is 4.96. The molecule has 7 nitrogen and oxygen atoms in total. The number of nitrogens with zero attached hydrogens (tertiary/aromatic N) is 2. The molecule has 0 aliphatic carbocycles. The lowest BCUT2D eigenvalue weighted by atomic mass is 10.1. The molecular formula is C22H28N4O3. The standard InChI is InChI=1S/C22H28N4O3/c1-3-29-22(28)26-12-10-18(11-13-26)25-19-8-9-20(23-15-19)21(27)24-14-17-6-4-16(2)5-7-17/h4-9,15,18,25H,3,10-14H2,1-2H3,(H,24,27). The summed E-state index contributed by atoms with van der Waals surface area (Å²) in [6.45, 7) is 6.05. The van der Waals surface area contributed by atoms with Crippen molar-refractivity contribution in [3.05, 3.63) is 59.4 Å². The smallest absolute Gasteiger partial charge is 0.409 e. The highest BCUT2D eigenvalue weighted by Crippen LogP contribution is 2.17. The first-order chi connectivity index (χ1) is 14.0. The molecule has 154 valence electrons. The Balaban J connectivity index is 1.45. The zero-order valence-electron chi connectivity index (χ0n) is 17.0. The molecule has 1 fully saturated rings. The van der Waals surface area contributed by atoms with Gasteiger partial charge in [-0.05, 0) is 44.4 Å². The number of likely N-dealkylation sites (tertiary alicyclic amines) is 1. The minimum Gasteiger partial charge on any atom is -0.450 e. The second-order valence-corrected chi connectivity index (χ2v) is 7.20. The van der Waals surface area contributed by atoms with Gasteiger partial charge in [-0.1, -0.05) is 29.8 Å². The van der Waals surface area contributed by atoms with Gasteiger partial charge in [0.25, 0.3) is 5.91 Å². The molecule has 0 saturated carbocycles. The van der Waals surface area contributed by atoms with E-state index < -0.39 is 0 Å². The molecule has 2 heterocycles. The quantitative estimate of drug-likeness (QED) is 0.782. The van der Waals surface area contributed by atoms with Crippen molar-refractivity contribution in [2.75, 3.05) is 25.0 Å². The number of piperidine rings is 1. The Bertz CT molecular complexity index is 813. The first kappa shape index (κ1) is 20.6. The van der Waals surface area contributed by atoms with Crippen LogP contribution in [0.15, 0.2) is 42.6 Å². The maximum Gasteiger partial charge on any atom is 0.409 e. The number of carbonyl (C=O) groups excluding carboxylic acids is 2. The van der Waals surface area contributed by atoms with Gasteiger partial charge in [0.2, 0.25) is 0 Å². The predicted octanol–water partition coefficient (Wildman–Crippen LogP) is 3.35. The van der Waals surface area contributed by atoms with Crippen LogP contribution in [0.3, 0.4) is 0 Å². The van der Waals surface area contributed by atoms with Crippen LogP contribution in [0, 0.1) is 6.92 Å². The summed E-state index contributed by atoms with van der Waals surface area (Å²) in [7, 11) is 0. The van der Waals surface area contributed by atoms with Crippen LogP contribution in [0.2, 0.25) is 0 Å². The normalized spacial score (nSPS) is 14.3. The Morgan fingerprint density at radius 3 is 2.48 bits per heavy atom. The molecule has 7 heteroatoms. The molecule has 29 heavy (non-hydrogen) atoms. The van der Waals surface area contributed by atoms with E-state index in [0.717, 1.165) is 24.1 Å². The van der Waals surface area contributed by atoms with E-state index >= 15 is 0 Å². The van der Waals surface area contributed by atoms with E-state index in [-0.39, 0.29) is 18.0 Å². The largest absolute Gasteiger partial charge is 0.450 e. The summed E-state index contributed by atoms with van der Waals surface area (Å²) in [4.78, 5) is 30.1. The summed E-state index contributed by atoms with van der Waals surface area (Å²) < 4.78 is 5.04. The van der Waals surface area contributed by atoms with Gasteiger partial charge in [-0.2, -0.15) is 0 Å². The van der Waals surface area contributed by atoms with E-state index in [9.17, 15) is 9.59 Å². The molecule has 1 aromatic heterocycles. The maximum absolute atomic E-state index is 12.3. The molecule has 1 aliphatic heterocycles. The fourth-order valence-electron chi connectivity index (χ4n) is 3.25. The third-order valence-electron chi connectivity index (χ3n) is 4.96. The Labute approximate surface area is 171 Å². The highest BCUT2D eigenvalue weighted by atomic mass is 16.6. The van der Waals surface area contributed by atoms with Gasteiger partial charge in [0.15, 0.2) is 0 Å². The van der Waals surface area contributed by atoms with Gasteiger partial charge < -0.3 is 20.3 Å². The van der Waals surface area contributed by atoms with E-state index in [1.807, 2.05) is 44.2 Å². The van der Waals surface area contributed by atoms with Crippen LogP contribution in [-0.2, 0) is 11.3 Å². The van der Waals surface area contributed by atoms with E-state index in [2.05, 4.69) is 15.6 Å². The van der Waals surface area contributed by atoms with Gasteiger partial charge in [0.05, 0.1) is 18.5 Å². The number of ether oxygens (including phenoxy) is 1. The van der Waals surface area contributed by atoms with Gasteiger partial charge in [-0.25, -0.2) is 9.78 Å². The summed E-state index contributed by atoms with van der Waals surface area (Å²) >= 11 is 0. The first-order valence-electron chi connectivity index (χ1n) is 10.0. The number of aromatic nitrogens is 1. The average Bonchev–Trinajstić information content (AvgIpc) is 2.74. The van der Waals surface area contributed by atoms with Crippen molar-refractivity contribution in [3.63, 3.8) is 0 Å². The number of hydrogen-bond donors (Lipinski definition) is 2. The third kappa shape index (κ3) is 5.94. The number of pyridine rings is 1. The van der Waals surface area contributed by atoms with Gasteiger partial charge in [-0.3, -0.25) is 4.79 Å². The van der Waals surface area contributed by atoms with Gasteiger partial charge >= 0.3 is 6.09 Å². The number of amides is 2. The van der Waals surface area contributed by atoms with Crippen LogP contribution in [-0.4, -0.2) is 47.6 Å². The summed E-state index contributed by atoms with van der Waals surface area (Å²) in [5.74, 6) is -0.195. The summed E-state index contributed by atoms with van der Waals surface area (Å²) in [6, 6.07) is 11.9. The van der Waals surface area contributed by atoms with Crippen LogP contribution in [0.25, 0.3) is 0 Å². The van der Waals surface area contributed by atoms with E-state index in [1.165, 1.54) is 5.56 Å². The van der Waals surface area contributed by atoms with Gasteiger partial charge in [0, 0.05) is 25.7 Å².